The fourth-order valence-corrected chi connectivity index (χ4v) is 2.29. The van der Waals surface area contributed by atoms with Crippen LogP contribution in [0.15, 0.2) is 36.4 Å². The summed E-state index contributed by atoms with van der Waals surface area (Å²) in [5.41, 5.74) is 0.0335. The molecule has 0 bridgehead atoms. The maximum absolute atomic E-state index is 13.8. The van der Waals surface area contributed by atoms with Crippen molar-refractivity contribution in [1.29, 1.82) is 0 Å². The number of benzene rings is 2. The highest BCUT2D eigenvalue weighted by molar-refractivity contribution is 6.30. The quantitative estimate of drug-likeness (QED) is 0.762. The number of halogens is 3. The first-order chi connectivity index (χ1) is 12.3. The van der Waals surface area contributed by atoms with Crippen LogP contribution in [0.5, 0.6) is 5.75 Å². The van der Waals surface area contributed by atoms with E-state index in [1.165, 1.54) is 20.1 Å². The second-order valence-corrected chi connectivity index (χ2v) is 5.64. The number of ether oxygens (including phenoxy) is 1. The molecule has 8 heteroatoms. The summed E-state index contributed by atoms with van der Waals surface area (Å²) in [5, 5.41) is 4.95. The van der Waals surface area contributed by atoms with Gasteiger partial charge in [0.1, 0.15) is 17.4 Å². The summed E-state index contributed by atoms with van der Waals surface area (Å²) in [4.78, 5) is 23.1. The molecule has 2 rings (SSSR count). The third-order valence-electron chi connectivity index (χ3n) is 3.23. The highest BCUT2D eigenvalue weighted by Crippen LogP contribution is 2.25. The zero-order chi connectivity index (χ0) is 19.3. The molecule has 0 spiro atoms. The first-order valence-electron chi connectivity index (χ1n) is 7.39. The highest BCUT2D eigenvalue weighted by atomic mass is 35.5. The standard InChI is InChI=1S/C18H15ClF2N2O3/c1-10(24)22-15-9-16(14(21)8-13(15)20)23-18(25)6-3-11-7-12(19)4-5-17(11)26-2/h3-9H,1-2H3,(H,22,24)(H,23,25)/b6-3+. The minimum Gasteiger partial charge on any atom is -0.496 e. The van der Waals surface area contributed by atoms with Crippen LogP contribution in [-0.2, 0) is 9.59 Å². The molecule has 0 aliphatic rings. The molecule has 0 unspecified atom stereocenters. The molecule has 2 N–H and O–H groups in total. The highest BCUT2D eigenvalue weighted by Gasteiger charge is 2.12. The number of rotatable bonds is 5. The molecule has 0 aliphatic carbocycles. The Balaban J connectivity index is 2.20. The van der Waals surface area contributed by atoms with Crippen LogP contribution in [0.25, 0.3) is 6.08 Å². The van der Waals surface area contributed by atoms with E-state index in [2.05, 4.69) is 10.6 Å². The minimum absolute atomic E-state index is 0.241. The van der Waals surface area contributed by atoms with Gasteiger partial charge in [0.2, 0.25) is 11.8 Å². The molecule has 2 aromatic rings. The van der Waals surface area contributed by atoms with Crippen LogP contribution in [0.3, 0.4) is 0 Å². The topological polar surface area (TPSA) is 67.4 Å². The summed E-state index contributed by atoms with van der Waals surface area (Å²) < 4.78 is 32.6. The normalized spacial score (nSPS) is 10.7. The van der Waals surface area contributed by atoms with Gasteiger partial charge in [0, 0.05) is 29.7 Å². The Labute approximate surface area is 153 Å². The average molecular weight is 381 g/mol. The molecular formula is C18H15ClF2N2O3. The third kappa shape index (κ3) is 5.03. The Hall–Kier alpha value is -2.93. The molecule has 0 aromatic heterocycles. The van der Waals surface area contributed by atoms with Gasteiger partial charge in [-0.3, -0.25) is 9.59 Å². The van der Waals surface area contributed by atoms with Crippen LogP contribution < -0.4 is 15.4 Å². The number of nitrogens with one attached hydrogen (secondary N) is 2. The van der Waals surface area contributed by atoms with Crippen molar-refractivity contribution in [2.75, 3.05) is 17.7 Å². The maximum atomic E-state index is 13.8. The van der Waals surface area contributed by atoms with Crippen LogP contribution >= 0.6 is 11.6 Å². The van der Waals surface area contributed by atoms with Crippen LogP contribution in [0, 0.1) is 11.6 Å². The molecule has 0 fully saturated rings. The zero-order valence-corrected chi connectivity index (χ0v) is 14.7. The second-order valence-electron chi connectivity index (χ2n) is 5.20. The molecular weight excluding hydrogens is 366 g/mol. The zero-order valence-electron chi connectivity index (χ0n) is 13.9. The van der Waals surface area contributed by atoms with Crippen molar-refractivity contribution in [2.24, 2.45) is 0 Å². The molecule has 0 aliphatic heterocycles. The summed E-state index contributed by atoms with van der Waals surface area (Å²) >= 11 is 5.90. The maximum Gasteiger partial charge on any atom is 0.248 e. The Morgan fingerprint density at radius 2 is 1.73 bits per heavy atom. The van der Waals surface area contributed by atoms with Gasteiger partial charge < -0.3 is 15.4 Å². The van der Waals surface area contributed by atoms with Crippen molar-refractivity contribution in [3.63, 3.8) is 0 Å². The Morgan fingerprint density at radius 1 is 1.08 bits per heavy atom. The fraction of sp³-hybridized carbons (Fsp3) is 0.111. The van der Waals surface area contributed by atoms with Crippen LogP contribution in [0.2, 0.25) is 5.02 Å². The smallest absolute Gasteiger partial charge is 0.248 e. The number of anilines is 2. The van der Waals surface area contributed by atoms with Gasteiger partial charge in [-0.15, -0.1) is 0 Å². The molecule has 26 heavy (non-hydrogen) atoms. The third-order valence-corrected chi connectivity index (χ3v) is 3.47. The lowest BCUT2D eigenvalue weighted by Gasteiger charge is -2.09. The Bertz CT molecular complexity index is 885. The minimum atomic E-state index is -0.973. The fourth-order valence-electron chi connectivity index (χ4n) is 2.11. The van der Waals surface area contributed by atoms with E-state index in [4.69, 9.17) is 16.3 Å². The van der Waals surface area contributed by atoms with Gasteiger partial charge in [0.25, 0.3) is 0 Å². The monoisotopic (exact) mass is 380 g/mol. The molecule has 136 valence electrons. The van der Waals surface area contributed by atoms with E-state index < -0.39 is 23.4 Å². The molecule has 0 atom stereocenters. The van der Waals surface area contributed by atoms with Gasteiger partial charge >= 0.3 is 0 Å². The number of hydrogen-bond acceptors (Lipinski definition) is 3. The van der Waals surface area contributed by atoms with Crippen molar-refractivity contribution in [3.05, 3.63) is 58.6 Å². The predicted molar refractivity (Wildman–Crippen MR) is 96.3 cm³/mol. The van der Waals surface area contributed by atoms with E-state index in [-0.39, 0.29) is 11.4 Å². The van der Waals surface area contributed by atoms with Crippen molar-refractivity contribution < 1.29 is 23.1 Å². The molecule has 0 saturated carbocycles. The van der Waals surface area contributed by atoms with E-state index >= 15 is 0 Å². The average Bonchev–Trinajstić information content (AvgIpc) is 2.57. The lowest BCUT2D eigenvalue weighted by atomic mass is 10.2. The summed E-state index contributed by atoms with van der Waals surface area (Å²) in [6.45, 7) is 1.18. The van der Waals surface area contributed by atoms with Crippen LogP contribution in [-0.4, -0.2) is 18.9 Å². The van der Waals surface area contributed by atoms with Gasteiger partial charge in [-0.25, -0.2) is 8.78 Å². The second kappa shape index (κ2) is 8.44. The van der Waals surface area contributed by atoms with Crippen molar-refractivity contribution in [2.45, 2.75) is 6.92 Å². The first-order valence-corrected chi connectivity index (χ1v) is 7.77. The molecule has 2 amide bonds. The molecule has 0 saturated heterocycles. The van der Waals surface area contributed by atoms with Crippen molar-refractivity contribution in [3.8, 4) is 5.75 Å². The van der Waals surface area contributed by atoms with E-state index in [0.29, 0.717) is 22.4 Å². The Morgan fingerprint density at radius 3 is 2.35 bits per heavy atom. The van der Waals surface area contributed by atoms with Gasteiger partial charge in [-0.1, -0.05) is 11.6 Å². The van der Waals surface area contributed by atoms with Crippen LogP contribution in [0.1, 0.15) is 12.5 Å². The number of carbonyl (C=O) groups excluding carboxylic acids is 2. The van der Waals surface area contributed by atoms with E-state index in [1.54, 1.807) is 18.2 Å². The van der Waals surface area contributed by atoms with Crippen molar-refractivity contribution in [1.82, 2.24) is 0 Å². The van der Waals surface area contributed by atoms with Gasteiger partial charge in [-0.05, 0) is 30.3 Å². The van der Waals surface area contributed by atoms with E-state index in [0.717, 1.165) is 12.1 Å². The summed E-state index contributed by atoms with van der Waals surface area (Å²) in [6.07, 6.45) is 2.59. The molecule has 5 nitrogen and oxygen atoms in total. The lowest BCUT2D eigenvalue weighted by molar-refractivity contribution is -0.114. The number of methoxy groups -OCH3 is 1. The molecule has 2 aromatic carbocycles. The van der Waals surface area contributed by atoms with Gasteiger partial charge in [0.15, 0.2) is 0 Å². The summed E-state index contributed by atoms with van der Waals surface area (Å²) in [6, 6.07) is 6.44. The Kier molecular flexibility index (Phi) is 6.30. The van der Waals surface area contributed by atoms with Crippen molar-refractivity contribution >= 4 is 40.9 Å². The lowest BCUT2D eigenvalue weighted by Crippen LogP contribution is -2.12. The summed E-state index contributed by atoms with van der Waals surface area (Å²) in [7, 11) is 1.47. The number of hydrogen-bond donors (Lipinski definition) is 2. The van der Waals surface area contributed by atoms with Gasteiger partial charge in [0.05, 0.1) is 18.5 Å². The van der Waals surface area contributed by atoms with E-state index in [1.807, 2.05) is 0 Å². The SMILES string of the molecule is COc1ccc(Cl)cc1/C=C/C(=O)Nc1cc(NC(C)=O)c(F)cc1F. The molecule has 0 radical (unpaired) electrons. The first kappa shape index (κ1) is 19.4. The summed E-state index contributed by atoms with van der Waals surface area (Å²) in [5.74, 6) is -2.61. The number of carbonyl (C=O) groups is 2. The van der Waals surface area contributed by atoms with E-state index in [9.17, 15) is 18.4 Å². The predicted octanol–water partition coefficient (Wildman–Crippen LogP) is 4.24. The van der Waals surface area contributed by atoms with Gasteiger partial charge in [-0.2, -0.15) is 0 Å². The molecule has 0 heterocycles. The largest absolute Gasteiger partial charge is 0.496 e. The van der Waals surface area contributed by atoms with Crippen LogP contribution in [0.4, 0.5) is 20.2 Å². The number of amides is 2.